The van der Waals surface area contributed by atoms with Gasteiger partial charge >= 0.3 is 0 Å². The monoisotopic (exact) mass is 495 g/mol. The zero-order valence-electron chi connectivity index (χ0n) is 19.1. The van der Waals surface area contributed by atoms with Gasteiger partial charge in [0.25, 0.3) is 5.91 Å². The number of carbonyl (C=O) groups is 1. The van der Waals surface area contributed by atoms with E-state index in [4.69, 9.17) is 32.9 Å². The van der Waals surface area contributed by atoms with Gasteiger partial charge in [0.2, 0.25) is 0 Å². The Hall–Kier alpha value is -3.02. The summed E-state index contributed by atoms with van der Waals surface area (Å²) < 4.78 is 8.13. The normalized spacial score (nSPS) is 11.0. The number of aryl methyl sites for hydroxylation is 2. The van der Waals surface area contributed by atoms with Crippen molar-refractivity contribution in [2.24, 2.45) is 0 Å². The van der Waals surface area contributed by atoms with Crippen LogP contribution in [0, 0.1) is 6.92 Å². The quantitative estimate of drug-likeness (QED) is 0.256. The second kappa shape index (κ2) is 11.4. The number of fused-ring (bicyclic) bond motifs is 1. The van der Waals surface area contributed by atoms with Crippen LogP contribution in [-0.2, 0) is 13.0 Å². The van der Waals surface area contributed by atoms with Gasteiger partial charge < -0.3 is 14.6 Å². The zero-order valence-corrected chi connectivity index (χ0v) is 20.6. The van der Waals surface area contributed by atoms with E-state index in [1.807, 2.05) is 43.3 Å². The number of hydrogen-bond acceptors (Lipinski definition) is 3. The third-order valence-electron chi connectivity index (χ3n) is 5.65. The van der Waals surface area contributed by atoms with Gasteiger partial charge in [-0.25, -0.2) is 4.98 Å². The zero-order chi connectivity index (χ0) is 23.9. The fourth-order valence-corrected chi connectivity index (χ4v) is 4.07. The molecule has 7 heteroatoms. The van der Waals surface area contributed by atoms with E-state index in [0.717, 1.165) is 52.6 Å². The first-order chi connectivity index (χ1) is 16.5. The summed E-state index contributed by atoms with van der Waals surface area (Å²) in [5.41, 5.74) is 3.68. The molecule has 176 valence electrons. The van der Waals surface area contributed by atoms with E-state index < -0.39 is 0 Å². The maximum Gasteiger partial charge on any atom is 0.251 e. The molecule has 0 aliphatic carbocycles. The Morgan fingerprint density at radius 3 is 2.62 bits per heavy atom. The molecule has 0 fully saturated rings. The molecule has 0 radical (unpaired) electrons. The smallest absolute Gasteiger partial charge is 0.251 e. The van der Waals surface area contributed by atoms with Gasteiger partial charge in [-0.2, -0.15) is 0 Å². The molecule has 0 spiro atoms. The number of imidazole rings is 1. The molecule has 4 aromatic rings. The highest BCUT2D eigenvalue weighted by atomic mass is 35.5. The second-order valence-electron chi connectivity index (χ2n) is 8.15. The van der Waals surface area contributed by atoms with Crippen LogP contribution in [0.2, 0.25) is 10.0 Å². The highest BCUT2D eigenvalue weighted by molar-refractivity contribution is 6.31. The van der Waals surface area contributed by atoms with Crippen LogP contribution in [0.5, 0.6) is 5.75 Å². The Bertz CT molecular complexity index is 1270. The molecular formula is C27H27Cl2N3O2. The number of hydrogen-bond donors (Lipinski definition) is 1. The van der Waals surface area contributed by atoms with Crippen molar-refractivity contribution >= 4 is 40.1 Å². The van der Waals surface area contributed by atoms with Crippen LogP contribution in [0.4, 0.5) is 0 Å². The number of nitrogens with zero attached hydrogens (tertiary/aromatic N) is 2. The molecule has 5 nitrogen and oxygen atoms in total. The van der Waals surface area contributed by atoms with Crippen LogP contribution in [0.3, 0.4) is 0 Å². The SMILES string of the molecule is Cc1cc(OCCCCn2c(CCNC(=O)c3ccc(Cl)cc3)nc3ccccc32)ccc1Cl. The molecular weight excluding hydrogens is 469 g/mol. The van der Waals surface area contributed by atoms with Crippen molar-refractivity contribution in [2.45, 2.75) is 32.7 Å². The molecule has 0 unspecified atom stereocenters. The number of nitrogens with one attached hydrogen (secondary N) is 1. The number of benzene rings is 3. The van der Waals surface area contributed by atoms with Gasteiger partial charge in [0, 0.05) is 35.1 Å². The minimum absolute atomic E-state index is 0.117. The molecule has 3 aromatic carbocycles. The Morgan fingerprint density at radius 2 is 1.82 bits per heavy atom. The standard InChI is InChI=1S/C27H27Cl2N3O2/c1-19-18-22(12-13-23(19)29)34-17-5-4-16-32-25-7-3-2-6-24(25)31-26(32)14-15-30-27(33)20-8-10-21(28)11-9-20/h2-3,6-13,18H,4-5,14-17H2,1H3,(H,30,33). The lowest BCUT2D eigenvalue weighted by Crippen LogP contribution is -2.26. The third kappa shape index (κ3) is 6.10. The maximum absolute atomic E-state index is 12.4. The van der Waals surface area contributed by atoms with Gasteiger partial charge in [-0.3, -0.25) is 4.79 Å². The van der Waals surface area contributed by atoms with E-state index in [-0.39, 0.29) is 5.91 Å². The van der Waals surface area contributed by atoms with Crippen molar-refractivity contribution in [1.29, 1.82) is 0 Å². The van der Waals surface area contributed by atoms with E-state index in [0.29, 0.717) is 30.2 Å². The molecule has 4 rings (SSSR count). The molecule has 0 saturated heterocycles. The number of aromatic nitrogens is 2. The van der Waals surface area contributed by atoms with Crippen molar-refractivity contribution in [3.63, 3.8) is 0 Å². The van der Waals surface area contributed by atoms with Crippen molar-refractivity contribution in [2.75, 3.05) is 13.2 Å². The summed E-state index contributed by atoms with van der Waals surface area (Å²) in [6.07, 6.45) is 2.52. The fraction of sp³-hybridized carbons (Fsp3) is 0.259. The van der Waals surface area contributed by atoms with Crippen LogP contribution in [0.15, 0.2) is 66.7 Å². The summed E-state index contributed by atoms with van der Waals surface area (Å²) in [5, 5.41) is 4.33. The minimum Gasteiger partial charge on any atom is -0.494 e. The summed E-state index contributed by atoms with van der Waals surface area (Å²) in [6, 6.07) is 20.7. The van der Waals surface area contributed by atoms with Crippen molar-refractivity contribution in [3.05, 3.63) is 93.7 Å². The summed E-state index contributed by atoms with van der Waals surface area (Å²) in [5.74, 6) is 1.69. The van der Waals surface area contributed by atoms with Crippen molar-refractivity contribution < 1.29 is 9.53 Å². The number of para-hydroxylation sites is 2. The van der Waals surface area contributed by atoms with Crippen LogP contribution in [-0.4, -0.2) is 28.6 Å². The second-order valence-corrected chi connectivity index (χ2v) is 8.99. The molecule has 0 bridgehead atoms. The van der Waals surface area contributed by atoms with Crippen LogP contribution in [0.25, 0.3) is 11.0 Å². The van der Waals surface area contributed by atoms with E-state index in [2.05, 4.69) is 16.0 Å². The first kappa shape index (κ1) is 24.1. The van der Waals surface area contributed by atoms with Crippen LogP contribution < -0.4 is 10.1 Å². The maximum atomic E-state index is 12.4. The minimum atomic E-state index is -0.117. The Kier molecular flexibility index (Phi) is 8.09. The third-order valence-corrected chi connectivity index (χ3v) is 6.32. The van der Waals surface area contributed by atoms with E-state index in [1.54, 1.807) is 24.3 Å². The Morgan fingerprint density at radius 1 is 1.03 bits per heavy atom. The van der Waals surface area contributed by atoms with E-state index in [1.165, 1.54) is 0 Å². The molecule has 0 atom stereocenters. The van der Waals surface area contributed by atoms with Gasteiger partial charge in [-0.15, -0.1) is 0 Å². The van der Waals surface area contributed by atoms with Gasteiger partial charge in [0.1, 0.15) is 11.6 Å². The summed E-state index contributed by atoms with van der Waals surface area (Å²) in [7, 11) is 0. The molecule has 1 N–H and O–H groups in total. The average molecular weight is 496 g/mol. The van der Waals surface area contributed by atoms with Gasteiger partial charge in [0.05, 0.1) is 17.6 Å². The van der Waals surface area contributed by atoms with Gasteiger partial charge in [-0.1, -0.05) is 35.3 Å². The molecule has 1 heterocycles. The molecule has 1 amide bonds. The molecule has 34 heavy (non-hydrogen) atoms. The Balaban J connectivity index is 1.32. The molecule has 0 aliphatic rings. The molecule has 0 saturated carbocycles. The number of unbranched alkanes of at least 4 members (excludes halogenated alkanes) is 1. The van der Waals surface area contributed by atoms with Crippen LogP contribution in [0.1, 0.15) is 34.6 Å². The predicted molar refractivity (Wildman–Crippen MR) is 138 cm³/mol. The fourth-order valence-electron chi connectivity index (χ4n) is 3.83. The lowest BCUT2D eigenvalue weighted by molar-refractivity contribution is 0.0954. The highest BCUT2D eigenvalue weighted by Crippen LogP contribution is 2.22. The molecule has 1 aromatic heterocycles. The van der Waals surface area contributed by atoms with Crippen molar-refractivity contribution in [3.8, 4) is 5.75 Å². The summed E-state index contributed by atoms with van der Waals surface area (Å²) in [6.45, 7) is 3.95. The topological polar surface area (TPSA) is 56.1 Å². The Labute approximate surface area is 209 Å². The summed E-state index contributed by atoms with van der Waals surface area (Å²) in [4.78, 5) is 17.2. The predicted octanol–water partition coefficient (Wildman–Crippen LogP) is 6.48. The number of carbonyl (C=O) groups excluding carboxylic acids is 1. The lowest BCUT2D eigenvalue weighted by atomic mass is 10.2. The summed E-state index contributed by atoms with van der Waals surface area (Å²) >= 11 is 12.0. The number of rotatable bonds is 10. The number of ether oxygens (including phenoxy) is 1. The molecule has 0 aliphatic heterocycles. The largest absolute Gasteiger partial charge is 0.494 e. The first-order valence-electron chi connectivity index (χ1n) is 11.4. The van der Waals surface area contributed by atoms with Gasteiger partial charge in [0.15, 0.2) is 0 Å². The van der Waals surface area contributed by atoms with E-state index in [9.17, 15) is 4.79 Å². The first-order valence-corrected chi connectivity index (χ1v) is 12.1. The van der Waals surface area contributed by atoms with E-state index >= 15 is 0 Å². The average Bonchev–Trinajstić information content (AvgIpc) is 3.19. The lowest BCUT2D eigenvalue weighted by Gasteiger charge is -2.11. The number of amides is 1. The van der Waals surface area contributed by atoms with Gasteiger partial charge in [-0.05, 0) is 79.9 Å². The van der Waals surface area contributed by atoms with Crippen molar-refractivity contribution in [1.82, 2.24) is 14.9 Å². The number of halogens is 2. The highest BCUT2D eigenvalue weighted by Gasteiger charge is 2.11. The van der Waals surface area contributed by atoms with Crippen LogP contribution >= 0.6 is 23.2 Å².